The minimum absolute atomic E-state index is 0.00653. The average Bonchev–Trinajstić information content (AvgIpc) is 3.17. The van der Waals surface area contributed by atoms with E-state index in [1.54, 1.807) is 4.68 Å². The van der Waals surface area contributed by atoms with Crippen LogP contribution in [0.5, 0.6) is 0 Å². The van der Waals surface area contributed by atoms with Crippen molar-refractivity contribution in [2.75, 3.05) is 13.2 Å². The number of benzene rings is 2. The van der Waals surface area contributed by atoms with Gasteiger partial charge in [0.1, 0.15) is 0 Å². The summed E-state index contributed by atoms with van der Waals surface area (Å²) in [5.74, 6) is 0.737. The van der Waals surface area contributed by atoms with Crippen LogP contribution in [0.2, 0.25) is 0 Å². The predicted molar refractivity (Wildman–Crippen MR) is 108 cm³/mol. The van der Waals surface area contributed by atoms with Gasteiger partial charge in [0.05, 0.1) is 6.04 Å². The van der Waals surface area contributed by atoms with E-state index in [4.69, 9.17) is 5.11 Å². The Morgan fingerprint density at radius 1 is 1.15 bits per heavy atom. The molecule has 140 valence electrons. The Hall–Kier alpha value is -2.83. The van der Waals surface area contributed by atoms with Gasteiger partial charge in [-0.25, -0.2) is 4.68 Å². The number of tetrazole rings is 1. The second kappa shape index (κ2) is 9.21. The summed E-state index contributed by atoms with van der Waals surface area (Å²) in [6.07, 6.45) is 4.62. The molecule has 0 fully saturated rings. The Morgan fingerprint density at radius 3 is 2.74 bits per heavy atom. The summed E-state index contributed by atoms with van der Waals surface area (Å²) in [5.41, 5.74) is 4.76. The molecule has 0 aliphatic carbocycles. The Balaban J connectivity index is 1.81. The standard InChI is InChI=1S/C21H25N5O/c1-16-18(10-6-11-20(16)19-8-4-3-5-9-19)12-14-26-21(23-24-25-26)17(2)22-13-7-15-27/h3-6,8-12,14,17,22,27H,7,13,15H2,1-2H3/b14-12+. The molecule has 2 aromatic carbocycles. The summed E-state index contributed by atoms with van der Waals surface area (Å²) >= 11 is 0. The third-order valence-corrected chi connectivity index (χ3v) is 4.55. The maximum atomic E-state index is 8.91. The summed E-state index contributed by atoms with van der Waals surface area (Å²) in [6.45, 7) is 5.02. The minimum atomic E-state index is -0.00653. The van der Waals surface area contributed by atoms with Crippen molar-refractivity contribution in [3.63, 3.8) is 0 Å². The van der Waals surface area contributed by atoms with Gasteiger partial charge in [-0.2, -0.15) is 0 Å². The highest BCUT2D eigenvalue weighted by Crippen LogP contribution is 2.26. The fourth-order valence-electron chi connectivity index (χ4n) is 3.00. The molecule has 3 aromatic rings. The number of nitrogens with one attached hydrogen (secondary N) is 1. The summed E-state index contributed by atoms with van der Waals surface area (Å²) in [5, 5.41) is 24.2. The molecule has 0 aliphatic rings. The van der Waals surface area contributed by atoms with Crippen molar-refractivity contribution in [1.82, 2.24) is 25.5 Å². The van der Waals surface area contributed by atoms with Gasteiger partial charge in [-0.05, 0) is 65.6 Å². The van der Waals surface area contributed by atoms with Crippen LogP contribution >= 0.6 is 0 Å². The fraction of sp³-hybridized carbons (Fsp3) is 0.286. The third kappa shape index (κ3) is 4.67. The van der Waals surface area contributed by atoms with Gasteiger partial charge in [0, 0.05) is 12.8 Å². The largest absolute Gasteiger partial charge is 0.396 e. The zero-order chi connectivity index (χ0) is 19.1. The first kappa shape index (κ1) is 18.9. The normalized spacial score (nSPS) is 12.6. The first-order chi connectivity index (χ1) is 13.2. The lowest BCUT2D eigenvalue weighted by molar-refractivity contribution is 0.283. The maximum absolute atomic E-state index is 8.91. The lowest BCUT2D eigenvalue weighted by Crippen LogP contribution is -2.23. The lowest BCUT2D eigenvalue weighted by atomic mass is 9.96. The van der Waals surface area contributed by atoms with Crippen LogP contribution in [0.3, 0.4) is 0 Å². The van der Waals surface area contributed by atoms with Crippen molar-refractivity contribution < 1.29 is 5.11 Å². The van der Waals surface area contributed by atoms with Crippen LogP contribution in [-0.2, 0) is 0 Å². The highest BCUT2D eigenvalue weighted by atomic mass is 16.3. The van der Waals surface area contributed by atoms with Gasteiger partial charge in [0.25, 0.3) is 0 Å². The second-order valence-electron chi connectivity index (χ2n) is 6.44. The van der Waals surface area contributed by atoms with E-state index in [0.717, 1.165) is 11.4 Å². The van der Waals surface area contributed by atoms with Crippen LogP contribution in [0.25, 0.3) is 23.4 Å². The number of hydrogen-bond acceptors (Lipinski definition) is 5. The maximum Gasteiger partial charge on any atom is 0.172 e. The molecule has 3 rings (SSSR count). The Labute approximate surface area is 159 Å². The van der Waals surface area contributed by atoms with Crippen LogP contribution in [-0.4, -0.2) is 38.5 Å². The number of rotatable bonds is 8. The molecule has 6 nitrogen and oxygen atoms in total. The summed E-state index contributed by atoms with van der Waals surface area (Å²) in [7, 11) is 0. The van der Waals surface area contributed by atoms with Crippen molar-refractivity contribution >= 4 is 12.3 Å². The molecule has 1 unspecified atom stereocenters. The molecule has 6 heteroatoms. The van der Waals surface area contributed by atoms with E-state index in [9.17, 15) is 0 Å². The van der Waals surface area contributed by atoms with Crippen molar-refractivity contribution in [2.24, 2.45) is 0 Å². The van der Waals surface area contributed by atoms with Gasteiger partial charge in [-0.3, -0.25) is 0 Å². The summed E-state index contributed by atoms with van der Waals surface area (Å²) < 4.78 is 1.69. The van der Waals surface area contributed by atoms with E-state index < -0.39 is 0 Å². The van der Waals surface area contributed by atoms with Crippen molar-refractivity contribution in [3.05, 3.63) is 65.5 Å². The van der Waals surface area contributed by atoms with Gasteiger partial charge in [0.2, 0.25) is 0 Å². The second-order valence-corrected chi connectivity index (χ2v) is 6.44. The van der Waals surface area contributed by atoms with E-state index in [1.165, 1.54) is 16.7 Å². The molecule has 1 aromatic heterocycles. The number of nitrogens with zero attached hydrogens (tertiary/aromatic N) is 4. The molecule has 27 heavy (non-hydrogen) atoms. The molecule has 0 saturated heterocycles. The van der Waals surface area contributed by atoms with Gasteiger partial charge in [-0.15, -0.1) is 5.10 Å². The molecular weight excluding hydrogens is 338 g/mol. The molecule has 0 aliphatic heterocycles. The molecule has 1 atom stereocenters. The summed E-state index contributed by atoms with van der Waals surface area (Å²) in [6, 6.07) is 16.7. The lowest BCUT2D eigenvalue weighted by Gasteiger charge is -2.12. The highest BCUT2D eigenvalue weighted by Gasteiger charge is 2.12. The molecule has 0 spiro atoms. The average molecular weight is 363 g/mol. The number of aliphatic hydroxyl groups is 1. The first-order valence-electron chi connectivity index (χ1n) is 9.16. The number of aliphatic hydroxyl groups excluding tert-OH is 1. The van der Waals surface area contributed by atoms with E-state index in [0.29, 0.717) is 13.0 Å². The van der Waals surface area contributed by atoms with Gasteiger partial charge < -0.3 is 10.4 Å². The molecule has 2 N–H and O–H groups in total. The van der Waals surface area contributed by atoms with Crippen molar-refractivity contribution in [2.45, 2.75) is 26.3 Å². The van der Waals surface area contributed by atoms with Crippen LogP contribution in [0.4, 0.5) is 0 Å². The molecule has 1 heterocycles. The number of hydrogen-bond donors (Lipinski definition) is 2. The molecular formula is C21H25N5O. The molecule has 0 bridgehead atoms. The minimum Gasteiger partial charge on any atom is -0.396 e. The van der Waals surface area contributed by atoms with E-state index >= 15 is 0 Å². The predicted octanol–water partition coefficient (Wildman–Crippen LogP) is 3.31. The van der Waals surface area contributed by atoms with Crippen LogP contribution < -0.4 is 5.32 Å². The zero-order valence-corrected chi connectivity index (χ0v) is 15.7. The molecule has 0 radical (unpaired) electrons. The topological polar surface area (TPSA) is 75.9 Å². The summed E-state index contributed by atoms with van der Waals surface area (Å²) in [4.78, 5) is 0. The highest BCUT2D eigenvalue weighted by molar-refractivity contribution is 5.74. The monoisotopic (exact) mass is 363 g/mol. The van der Waals surface area contributed by atoms with E-state index in [-0.39, 0.29) is 12.6 Å². The molecule has 0 saturated carbocycles. The van der Waals surface area contributed by atoms with E-state index in [1.807, 2.05) is 25.3 Å². The van der Waals surface area contributed by atoms with Gasteiger partial charge >= 0.3 is 0 Å². The smallest absolute Gasteiger partial charge is 0.172 e. The van der Waals surface area contributed by atoms with Crippen LogP contribution in [0.15, 0.2) is 48.5 Å². The van der Waals surface area contributed by atoms with Crippen molar-refractivity contribution in [3.8, 4) is 11.1 Å². The Kier molecular flexibility index (Phi) is 6.46. The van der Waals surface area contributed by atoms with Crippen LogP contribution in [0.1, 0.15) is 36.3 Å². The quantitative estimate of drug-likeness (QED) is 0.601. The third-order valence-electron chi connectivity index (χ3n) is 4.55. The van der Waals surface area contributed by atoms with Gasteiger partial charge in [-0.1, -0.05) is 48.5 Å². The van der Waals surface area contributed by atoms with Gasteiger partial charge in [0.15, 0.2) is 5.82 Å². The van der Waals surface area contributed by atoms with E-state index in [2.05, 4.69) is 70.2 Å². The Morgan fingerprint density at radius 2 is 1.96 bits per heavy atom. The van der Waals surface area contributed by atoms with Crippen molar-refractivity contribution in [1.29, 1.82) is 0 Å². The first-order valence-corrected chi connectivity index (χ1v) is 9.16. The molecule has 0 amide bonds. The number of aromatic nitrogens is 4. The SMILES string of the molecule is Cc1c(/C=C/n2nnnc2C(C)NCCCO)cccc1-c1ccccc1. The fourth-order valence-corrected chi connectivity index (χ4v) is 3.00. The Bertz CT molecular complexity index is 889. The van der Waals surface area contributed by atoms with Crippen LogP contribution in [0, 0.1) is 6.92 Å². The zero-order valence-electron chi connectivity index (χ0n) is 15.7.